The van der Waals surface area contributed by atoms with Crippen molar-refractivity contribution in [3.63, 3.8) is 0 Å². The van der Waals surface area contributed by atoms with E-state index in [9.17, 15) is 19.2 Å². The molecule has 0 aliphatic heterocycles. The van der Waals surface area contributed by atoms with Gasteiger partial charge in [0.05, 0.1) is 24.6 Å². The van der Waals surface area contributed by atoms with Crippen LogP contribution < -0.4 is 18.9 Å². The zero-order valence-corrected chi connectivity index (χ0v) is 76.1. The normalized spacial score (nSPS) is 27.9. The molecule has 4 aromatic carbocycles. The van der Waals surface area contributed by atoms with Gasteiger partial charge in [0.25, 0.3) is 0 Å². The molecule has 6 saturated carbocycles. The van der Waals surface area contributed by atoms with Crippen LogP contribution in [0.1, 0.15) is 363 Å². The van der Waals surface area contributed by atoms with Crippen molar-refractivity contribution >= 4 is 47.7 Å². The van der Waals surface area contributed by atoms with Crippen LogP contribution in [0.5, 0.6) is 23.0 Å². The van der Waals surface area contributed by atoms with E-state index < -0.39 is 0 Å². The molecular weight excluding hydrogens is 1490 g/mol. The summed E-state index contributed by atoms with van der Waals surface area (Å²) in [6.45, 7) is 26.5. The second kappa shape index (κ2) is 45.2. The molecule has 0 aromatic heterocycles. The molecule has 12 nitrogen and oxygen atoms in total. The quantitative estimate of drug-likeness (QED) is 0.0138. The minimum atomic E-state index is -0.354. The second-order valence-electron chi connectivity index (χ2n) is 40.9. The second-order valence-corrected chi connectivity index (χ2v) is 40.9. The van der Waals surface area contributed by atoms with Crippen LogP contribution in [0.25, 0.3) is 0 Å². The van der Waals surface area contributed by atoms with Crippen LogP contribution in [0.3, 0.4) is 0 Å². The molecule has 0 heterocycles. The van der Waals surface area contributed by atoms with E-state index in [1.165, 1.54) is 154 Å². The first kappa shape index (κ1) is 92.4. The lowest BCUT2D eigenvalue weighted by Gasteiger charge is -2.58. The average Bonchev–Trinajstić information content (AvgIpc) is 1.45. The molecule has 658 valence electrons. The van der Waals surface area contributed by atoms with E-state index in [1.54, 1.807) is 47.8 Å². The van der Waals surface area contributed by atoms with Crippen molar-refractivity contribution < 1.29 is 47.6 Å². The number of rotatable bonds is 47. The number of aliphatic imine (C=N–C) groups is 2. The highest BCUT2D eigenvalue weighted by atomic mass is 16.6. The molecule has 0 N–H and O–H groups in total. The highest BCUT2D eigenvalue weighted by Gasteiger charge is 2.61. The van der Waals surface area contributed by atoms with Gasteiger partial charge in [-0.25, -0.2) is 0 Å². The van der Waals surface area contributed by atoms with E-state index in [2.05, 4.69) is 91.4 Å². The Hall–Kier alpha value is -6.82. The SMILES string of the molecule is CC(C)CCC[C@@H](C)[C@H]1CC[C@H]2[C@@H]3CC=C4CCC(OC(=O)CCCCCCCCCCOc5ccc(N=Cc6ccc(OC(=O)CCCCC(=O)Oc7ccc(C=Nc8ccc(OCCCCCCCCCCC(=O)OC9CCC%10=CC[C@H]%11[C@@H]%12CC[C@H]([C@H](C)CCCC(C)C)[C@@]%12(C)CC[C@@H]%11[C@@]%10(C)C9)cc8)cc7)cc6)cc5)C[C@]4(C)[C@H]3CC[C@]12C. The summed E-state index contributed by atoms with van der Waals surface area (Å²) in [5.74, 6) is 11.7. The number of unbranched alkanes of at least 4 members (excludes halogenated alkanes) is 15. The number of hydrogen-bond donors (Lipinski definition) is 0. The summed E-state index contributed by atoms with van der Waals surface area (Å²) in [6.07, 6.45) is 57.6. The van der Waals surface area contributed by atoms with Crippen molar-refractivity contribution in [2.45, 2.75) is 364 Å². The molecule has 0 amide bonds. The Morgan fingerprint density at radius 3 is 1.09 bits per heavy atom. The van der Waals surface area contributed by atoms with Gasteiger partial charge < -0.3 is 28.4 Å². The van der Waals surface area contributed by atoms with Crippen molar-refractivity contribution in [1.82, 2.24) is 0 Å². The lowest BCUT2D eigenvalue weighted by atomic mass is 9.47. The molecule has 12 rings (SSSR count). The van der Waals surface area contributed by atoms with Crippen LogP contribution in [-0.4, -0.2) is 61.7 Å². The maximum absolute atomic E-state index is 13.2. The minimum absolute atomic E-state index is 0.0219. The molecular formula is C108H156N2O10. The summed E-state index contributed by atoms with van der Waals surface area (Å²) < 4.78 is 35.9. The van der Waals surface area contributed by atoms with Crippen molar-refractivity contribution in [2.24, 2.45) is 103 Å². The van der Waals surface area contributed by atoms with Gasteiger partial charge in [-0.1, -0.05) is 208 Å². The molecule has 4 aromatic rings. The lowest BCUT2D eigenvalue weighted by Crippen LogP contribution is -2.51. The Labute approximate surface area is 725 Å². The Bertz CT molecular complexity index is 3710. The number of allylic oxidation sites excluding steroid dienone is 4. The summed E-state index contributed by atoms with van der Waals surface area (Å²) in [5, 5.41) is 0. The van der Waals surface area contributed by atoms with Crippen LogP contribution in [0.2, 0.25) is 0 Å². The molecule has 8 aliphatic rings. The van der Waals surface area contributed by atoms with Gasteiger partial charge in [-0.3, -0.25) is 29.2 Å². The molecule has 120 heavy (non-hydrogen) atoms. The average molecular weight is 1640 g/mol. The van der Waals surface area contributed by atoms with Gasteiger partial charge >= 0.3 is 23.9 Å². The van der Waals surface area contributed by atoms with Gasteiger partial charge in [-0.05, 0) is 342 Å². The molecule has 12 heteroatoms. The van der Waals surface area contributed by atoms with Crippen molar-refractivity contribution in [3.8, 4) is 23.0 Å². The zero-order valence-electron chi connectivity index (χ0n) is 76.1. The molecule has 0 saturated heterocycles. The standard InChI is InChI=1S/C108H156N2O10/c1-77(2)31-29-33-79(5)95-63-65-97-93-61-45-83-43-55-91(73-107(83,9)99(93)67-69-105(95,97)7)119-103(113)35-23-19-15-11-13-17-21-27-71-115-87-57-47-85(48-58-87)109-75-81-39-51-89(52-40-81)117-101(111)37-25-26-38-102(112)118-90-53-41-82(42-54-90)76-110-86-49-59-88(60-50-86)116-72-28-22-18-14-12-16-20-24-36-104(114)120-92-56-44-84-46-62-94-98-66-64-96(80(6)34-30-32-78(3)4)106(98,8)70-68-100(94)108(84,10)74-92/h39-42,45-54,57-60,75-80,91-100H,11-38,43-44,55-56,61-74H2,1-10H3/t79-,80-,91?,92?,93+,94+,95-,96-,97+,98+,99+,100+,105-,106-,107+,108+/m1/s1. The predicted octanol–water partition coefficient (Wildman–Crippen LogP) is 28.9. The molecule has 2 unspecified atom stereocenters. The van der Waals surface area contributed by atoms with Crippen LogP contribution in [0.15, 0.2) is 130 Å². The third kappa shape index (κ3) is 25.5. The van der Waals surface area contributed by atoms with E-state index in [-0.39, 0.29) is 59.8 Å². The number of ether oxygens (including phenoxy) is 6. The van der Waals surface area contributed by atoms with Gasteiger partial charge in [0, 0.05) is 38.1 Å². The number of benzene rings is 4. The summed E-state index contributed by atoms with van der Waals surface area (Å²) >= 11 is 0. The Morgan fingerprint density at radius 2 is 0.717 bits per heavy atom. The Balaban J connectivity index is 0.429. The molecule has 16 atom stereocenters. The number of fused-ring (bicyclic) bond motifs is 10. The maximum Gasteiger partial charge on any atom is 0.311 e. The number of esters is 4. The van der Waals surface area contributed by atoms with Crippen molar-refractivity contribution in [1.29, 1.82) is 0 Å². The van der Waals surface area contributed by atoms with Crippen molar-refractivity contribution in [2.75, 3.05) is 13.2 Å². The number of hydrogen-bond acceptors (Lipinski definition) is 12. The van der Waals surface area contributed by atoms with Crippen LogP contribution in [0.4, 0.5) is 11.4 Å². The van der Waals surface area contributed by atoms with Gasteiger partial charge in [0.15, 0.2) is 0 Å². The van der Waals surface area contributed by atoms with Gasteiger partial charge in [0.2, 0.25) is 0 Å². The molecule has 0 radical (unpaired) electrons. The molecule has 8 aliphatic carbocycles. The first-order valence-electron chi connectivity index (χ1n) is 49.0. The number of carbonyl (C=O) groups is 4. The minimum Gasteiger partial charge on any atom is -0.494 e. The van der Waals surface area contributed by atoms with Crippen LogP contribution in [0, 0.1) is 92.7 Å². The molecule has 6 fully saturated rings. The highest BCUT2D eigenvalue weighted by Crippen LogP contribution is 2.70. The van der Waals surface area contributed by atoms with Crippen molar-refractivity contribution in [3.05, 3.63) is 131 Å². The van der Waals surface area contributed by atoms with E-state index in [0.29, 0.717) is 61.2 Å². The van der Waals surface area contributed by atoms with Gasteiger partial charge in [0.1, 0.15) is 35.2 Å². The van der Waals surface area contributed by atoms with E-state index in [1.807, 2.05) is 72.8 Å². The van der Waals surface area contributed by atoms with Gasteiger partial charge in [-0.15, -0.1) is 0 Å². The van der Waals surface area contributed by atoms with Crippen LogP contribution >= 0.6 is 0 Å². The fourth-order valence-electron chi connectivity index (χ4n) is 25.1. The van der Waals surface area contributed by atoms with E-state index >= 15 is 0 Å². The van der Waals surface area contributed by atoms with E-state index in [4.69, 9.17) is 28.4 Å². The fraction of sp³-hybridized carbons (Fsp3) is 0.685. The maximum atomic E-state index is 13.2. The van der Waals surface area contributed by atoms with E-state index in [0.717, 1.165) is 195 Å². The first-order chi connectivity index (χ1) is 58.0. The Morgan fingerprint density at radius 1 is 0.375 bits per heavy atom. The molecule has 0 bridgehead atoms. The summed E-state index contributed by atoms with van der Waals surface area (Å²) in [7, 11) is 0. The third-order valence-electron chi connectivity index (χ3n) is 31.7. The predicted molar refractivity (Wildman–Crippen MR) is 490 cm³/mol. The monoisotopic (exact) mass is 1640 g/mol. The third-order valence-corrected chi connectivity index (χ3v) is 31.7. The summed E-state index contributed by atoms with van der Waals surface area (Å²) in [6, 6.07) is 30.1. The largest absolute Gasteiger partial charge is 0.494 e. The number of nitrogens with zero attached hydrogens (tertiary/aromatic N) is 2. The first-order valence-corrected chi connectivity index (χ1v) is 49.0. The summed E-state index contributed by atoms with van der Waals surface area (Å²) in [5.41, 5.74) is 8.09. The summed E-state index contributed by atoms with van der Waals surface area (Å²) in [4.78, 5) is 61.1. The number of carbonyl (C=O) groups excluding carboxylic acids is 4. The smallest absolute Gasteiger partial charge is 0.311 e. The topological polar surface area (TPSA) is 148 Å². The Kier molecular flexibility index (Phi) is 34.8. The fourth-order valence-corrected chi connectivity index (χ4v) is 25.1. The van der Waals surface area contributed by atoms with Gasteiger partial charge in [-0.2, -0.15) is 0 Å². The lowest BCUT2D eigenvalue weighted by molar-refractivity contribution is -0.154. The molecule has 0 spiro atoms. The van der Waals surface area contributed by atoms with Crippen LogP contribution in [-0.2, 0) is 28.7 Å². The zero-order chi connectivity index (χ0) is 84.5. The highest BCUT2D eigenvalue weighted by molar-refractivity contribution is 5.83.